The maximum atomic E-state index is 12.1. The molecule has 5 N–H and O–H groups in total. The number of nitrogens with two attached hydrogens (primary N) is 2. The summed E-state index contributed by atoms with van der Waals surface area (Å²) in [6, 6.07) is 4.05. The lowest BCUT2D eigenvalue weighted by atomic mass is 9.94. The van der Waals surface area contributed by atoms with E-state index >= 15 is 0 Å². The number of rotatable bonds is 4. The minimum Gasteiger partial charge on any atom is -0.478 e. The summed E-state index contributed by atoms with van der Waals surface area (Å²) in [6.07, 6.45) is 0.254. The molecule has 7 nitrogen and oxygen atoms in total. The fourth-order valence-corrected chi connectivity index (χ4v) is 2.54. The number of carboxylic acids is 1. The van der Waals surface area contributed by atoms with Crippen molar-refractivity contribution in [3.05, 3.63) is 34.9 Å². The summed E-state index contributed by atoms with van der Waals surface area (Å²) >= 11 is 0. The second-order valence-electron chi connectivity index (χ2n) is 5.04. The van der Waals surface area contributed by atoms with Crippen LogP contribution in [0.2, 0.25) is 0 Å². The summed E-state index contributed by atoms with van der Waals surface area (Å²) in [7, 11) is 0. The molecule has 0 saturated heterocycles. The zero-order chi connectivity index (χ0) is 15.6. The van der Waals surface area contributed by atoms with Gasteiger partial charge in [-0.05, 0) is 23.6 Å². The lowest BCUT2D eigenvalue weighted by Crippen LogP contribution is -2.47. The van der Waals surface area contributed by atoms with Gasteiger partial charge in [0, 0.05) is 13.1 Å². The standard InChI is InChI=1S/C14H17N3O4/c15-11(6-12(16)18)13(19)17-5-4-9-8(7-17)2-1-3-10(9)14(20)21/h1-3,11H,4-7,15H2,(H2,16,18)(H,20,21). The molecule has 1 unspecified atom stereocenters. The van der Waals surface area contributed by atoms with Crippen molar-refractivity contribution >= 4 is 17.8 Å². The molecule has 1 aromatic carbocycles. The Balaban J connectivity index is 2.16. The van der Waals surface area contributed by atoms with Crippen LogP contribution in [-0.4, -0.2) is 40.4 Å². The van der Waals surface area contributed by atoms with Crippen molar-refractivity contribution in [1.29, 1.82) is 0 Å². The topological polar surface area (TPSA) is 127 Å². The summed E-state index contributed by atoms with van der Waals surface area (Å²) in [4.78, 5) is 35.7. The van der Waals surface area contributed by atoms with E-state index in [0.717, 1.165) is 11.1 Å². The first kappa shape index (κ1) is 15.0. The highest BCUT2D eigenvalue weighted by Gasteiger charge is 2.27. The van der Waals surface area contributed by atoms with Crippen LogP contribution < -0.4 is 11.5 Å². The molecule has 1 atom stereocenters. The van der Waals surface area contributed by atoms with Gasteiger partial charge in [0.1, 0.15) is 0 Å². The average molecular weight is 291 g/mol. The van der Waals surface area contributed by atoms with Crippen molar-refractivity contribution in [2.24, 2.45) is 11.5 Å². The first-order chi connectivity index (χ1) is 9.90. The molecule has 0 fully saturated rings. The Morgan fingerprint density at radius 2 is 2.05 bits per heavy atom. The van der Waals surface area contributed by atoms with Gasteiger partial charge in [-0.2, -0.15) is 0 Å². The summed E-state index contributed by atoms with van der Waals surface area (Å²) in [5.41, 5.74) is 12.5. The van der Waals surface area contributed by atoms with Crippen LogP contribution in [0.25, 0.3) is 0 Å². The maximum absolute atomic E-state index is 12.1. The number of fused-ring (bicyclic) bond motifs is 1. The van der Waals surface area contributed by atoms with Crippen molar-refractivity contribution in [2.45, 2.75) is 25.4 Å². The van der Waals surface area contributed by atoms with Crippen LogP contribution in [0.3, 0.4) is 0 Å². The predicted molar refractivity (Wildman–Crippen MR) is 74.3 cm³/mol. The first-order valence-corrected chi connectivity index (χ1v) is 6.57. The summed E-state index contributed by atoms with van der Waals surface area (Å²) in [5.74, 6) is -1.95. The largest absolute Gasteiger partial charge is 0.478 e. The summed E-state index contributed by atoms with van der Waals surface area (Å²) in [6.45, 7) is 0.671. The SMILES string of the molecule is NC(=O)CC(N)C(=O)N1CCc2c(cccc2C(=O)O)C1. The van der Waals surface area contributed by atoms with E-state index in [0.29, 0.717) is 19.5 Å². The van der Waals surface area contributed by atoms with Gasteiger partial charge in [0.2, 0.25) is 11.8 Å². The molecule has 21 heavy (non-hydrogen) atoms. The van der Waals surface area contributed by atoms with Gasteiger partial charge in [-0.25, -0.2) is 4.79 Å². The van der Waals surface area contributed by atoms with E-state index in [4.69, 9.17) is 16.6 Å². The van der Waals surface area contributed by atoms with Crippen LogP contribution in [0.5, 0.6) is 0 Å². The quantitative estimate of drug-likeness (QED) is 0.687. The highest BCUT2D eigenvalue weighted by molar-refractivity contribution is 5.90. The lowest BCUT2D eigenvalue weighted by Gasteiger charge is -2.31. The Morgan fingerprint density at radius 3 is 2.67 bits per heavy atom. The number of primary amides is 1. The van der Waals surface area contributed by atoms with E-state index in [-0.39, 0.29) is 17.9 Å². The molecule has 2 amide bonds. The Morgan fingerprint density at radius 1 is 1.33 bits per heavy atom. The number of carbonyl (C=O) groups is 3. The van der Waals surface area contributed by atoms with Gasteiger partial charge in [-0.3, -0.25) is 9.59 Å². The number of aromatic carboxylic acids is 1. The fourth-order valence-electron chi connectivity index (χ4n) is 2.54. The van der Waals surface area contributed by atoms with Crippen LogP contribution in [-0.2, 0) is 22.6 Å². The Hall–Kier alpha value is -2.41. The fraction of sp³-hybridized carbons (Fsp3) is 0.357. The van der Waals surface area contributed by atoms with E-state index in [9.17, 15) is 14.4 Å². The number of carboxylic acid groups (broad SMARTS) is 1. The molecular weight excluding hydrogens is 274 g/mol. The Labute approximate surface area is 121 Å². The van der Waals surface area contributed by atoms with Gasteiger partial charge in [0.15, 0.2) is 0 Å². The second-order valence-corrected chi connectivity index (χ2v) is 5.04. The van der Waals surface area contributed by atoms with E-state index in [1.165, 1.54) is 4.90 Å². The van der Waals surface area contributed by atoms with E-state index in [1.807, 2.05) is 0 Å². The molecule has 2 rings (SSSR count). The third-order valence-corrected chi connectivity index (χ3v) is 3.55. The highest BCUT2D eigenvalue weighted by atomic mass is 16.4. The highest BCUT2D eigenvalue weighted by Crippen LogP contribution is 2.23. The van der Waals surface area contributed by atoms with E-state index in [2.05, 4.69) is 0 Å². The molecule has 0 aromatic heterocycles. The Bertz CT molecular complexity index is 600. The molecule has 7 heteroatoms. The smallest absolute Gasteiger partial charge is 0.335 e. The minimum absolute atomic E-state index is 0.197. The van der Waals surface area contributed by atoms with Crippen LogP contribution in [0.1, 0.15) is 27.9 Å². The number of benzene rings is 1. The summed E-state index contributed by atoms with van der Waals surface area (Å²) in [5, 5.41) is 9.15. The van der Waals surface area contributed by atoms with Crippen molar-refractivity contribution in [3.8, 4) is 0 Å². The minimum atomic E-state index is -0.975. The van der Waals surface area contributed by atoms with Crippen LogP contribution in [0, 0.1) is 0 Å². The van der Waals surface area contributed by atoms with Gasteiger partial charge >= 0.3 is 5.97 Å². The molecule has 0 spiro atoms. The first-order valence-electron chi connectivity index (χ1n) is 6.57. The molecule has 0 bridgehead atoms. The second kappa shape index (κ2) is 5.92. The molecule has 1 aromatic rings. The molecule has 112 valence electrons. The predicted octanol–water partition coefficient (Wildman–Crippen LogP) is -0.528. The van der Waals surface area contributed by atoms with Crippen molar-refractivity contribution in [2.75, 3.05) is 6.54 Å². The van der Waals surface area contributed by atoms with Gasteiger partial charge in [-0.1, -0.05) is 12.1 Å². The van der Waals surface area contributed by atoms with Crippen molar-refractivity contribution < 1.29 is 19.5 Å². The van der Waals surface area contributed by atoms with Gasteiger partial charge < -0.3 is 21.5 Å². The number of carbonyl (C=O) groups excluding carboxylic acids is 2. The molecule has 0 aliphatic carbocycles. The van der Waals surface area contributed by atoms with Crippen molar-refractivity contribution in [3.63, 3.8) is 0 Å². The molecule has 1 heterocycles. The summed E-state index contributed by atoms with van der Waals surface area (Å²) < 4.78 is 0. The van der Waals surface area contributed by atoms with Crippen LogP contribution >= 0.6 is 0 Å². The van der Waals surface area contributed by atoms with E-state index in [1.54, 1.807) is 18.2 Å². The van der Waals surface area contributed by atoms with Gasteiger partial charge in [0.25, 0.3) is 0 Å². The molecule has 0 radical (unpaired) electrons. The number of amides is 2. The number of hydrogen-bond donors (Lipinski definition) is 3. The Kier molecular flexibility index (Phi) is 4.23. The average Bonchev–Trinajstić information content (AvgIpc) is 2.44. The maximum Gasteiger partial charge on any atom is 0.335 e. The zero-order valence-corrected chi connectivity index (χ0v) is 11.4. The van der Waals surface area contributed by atoms with Crippen LogP contribution in [0.15, 0.2) is 18.2 Å². The molecule has 1 aliphatic rings. The molecule has 0 saturated carbocycles. The van der Waals surface area contributed by atoms with Crippen LogP contribution in [0.4, 0.5) is 0 Å². The zero-order valence-electron chi connectivity index (χ0n) is 11.4. The van der Waals surface area contributed by atoms with Gasteiger partial charge in [-0.15, -0.1) is 0 Å². The third-order valence-electron chi connectivity index (χ3n) is 3.55. The van der Waals surface area contributed by atoms with E-state index < -0.39 is 17.9 Å². The monoisotopic (exact) mass is 291 g/mol. The molecule has 1 aliphatic heterocycles. The third kappa shape index (κ3) is 3.19. The number of nitrogens with zero attached hydrogens (tertiary/aromatic N) is 1. The normalized spacial score (nSPS) is 15.2. The molecular formula is C14H17N3O4. The lowest BCUT2D eigenvalue weighted by molar-refractivity contribution is -0.135. The van der Waals surface area contributed by atoms with Crippen molar-refractivity contribution in [1.82, 2.24) is 4.90 Å². The van der Waals surface area contributed by atoms with Gasteiger partial charge in [0.05, 0.1) is 18.0 Å². The number of hydrogen-bond acceptors (Lipinski definition) is 4.